The van der Waals surface area contributed by atoms with Gasteiger partial charge in [-0.05, 0) is 17.9 Å². The lowest BCUT2D eigenvalue weighted by Gasteiger charge is -2.15. The maximum Gasteiger partial charge on any atom is 0.324 e. The van der Waals surface area contributed by atoms with Gasteiger partial charge in [-0.3, -0.25) is 10.1 Å². The van der Waals surface area contributed by atoms with Crippen LogP contribution in [0, 0.1) is 15.5 Å². The van der Waals surface area contributed by atoms with Crippen LogP contribution in [0.15, 0.2) is 12.1 Å². The first kappa shape index (κ1) is 10.6. The molecule has 1 saturated carbocycles. The molecule has 5 heteroatoms. The molecule has 0 spiro atoms. The van der Waals surface area contributed by atoms with E-state index in [0.29, 0.717) is 6.54 Å². The van der Waals surface area contributed by atoms with Gasteiger partial charge in [0.1, 0.15) is 0 Å². The number of hydrogen-bond donors (Lipinski definition) is 1. The van der Waals surface area contributed by atoms with Gasteiger partial charge in [-0.15, -0.1) is 0 Å². The normalized spacial score (nSPS) is 27.7. The van der Waals surface area contributed by atoms with Crippen molar-refractivity contribution in [3.05, 3.63) is 27.1 Å². The van der Waals surface area contributed by atoms with Crippen molar-refractivity contribution in [1.29, 1.82) is 0 Å². The number of rotatable bonds is 3. The van der Waals surface area contributed by atoms with Crippen LogP contribution < -0.4 is 5.73 Å². The molecule has 0 saturated heterocycles. The van der Waals surface area contributed by atoms with Gasteiger partial charge in [0, 0.05) is 22.9 Å². The Morgan fingerprint density at radius 3 is 2.53 bits per heavy atom. The van der Waals surface area contributed by atoms with Gasteiger partial charge in [0.05, 0.1) is 4.92 Å². The Balaban J connectivity index is 2.34. The molecule has 1 heterocycles. The molecule has 0 bridgehead atoms. The number of hydrogen-bond acceptors (Lipinski definition) is 4. The third-order valence-electron chi connectivity index (χ3n) is 3.51. The molecule has 0 amide bonds. The molecule has 1 aromatic rings. The summed E-state index contributed by atoms with van der Waals surface area (Å²) in [5, 5.41) is 10.8. The monoisotopic (exact) mass is 226 g/mol. The van der Waals surface area contributed by atoms with Gasteiger partial charge in [-0.2, -0.15) is 0 Å². The van der Waals surface area contributed by atoms with Gasteiger partial charge >= 0.3 is 5.00 Å². The van der Waals surface area contributed by atoms with E-state index in [-0.39, 0.29) is 20.8 Å². The van der Waals surface area contributed by atoms with Crippen LogP contribution in [0.3, 0.4) is 0 Å². The first-order valence-corrected chi connectivity index (χ1v) is 5.69. The fourth-order valence-electron chi connectivity index (χ4n) is 2.26. The minimum Gasteiger partial charge on any atom is -0.330 e. The summed E-state index contributed by atoms with van der Waals surface area (Å²) in [4.78, 5) is 11.3. The summed E-state index contributed by atoms with van der Waals surface area (Å²) in [6.07, 6.45) is 1.02. The van der Waals surface area contributed by atoms with Crippen molar-refractivity contribution < 1.29 is 4.92 Å². The van der Waals surface area contributed by atoms with Crippen LogP contribution in [0.2, 0.25) is 0 Å². The largest absolute Gasteiger partial charge is 0.330 e. The van der Waals surface area contributed by atoms with Gasteiger partial charge in [-0.25, -0.2) is 0 Å². The summed E-state index contributed by atoms with van der Waals surface area (Å²) in [5.74, 6) is 0. The molecule has 82 valence electrons. The van der Waals surface area contributed by atoms with Crippen LogP contribution in [-0.2, 0) is 5.41 Å². The van der Waals surface area contributed by atoms with Crippen molar-refractivity contribution in [3.8, 4) is 0 Å². The highest BCUT2D eigenvalue weighted by atomic mass is 32.1. The van der Waals surface area contributed by atoms with Crippen LogP contribution in [0.1, 0.15) is 25.1 Å². The third-order valence-corrected chi connectivity index (χ3v) is 4.75. The van der Waals surface area contributed by atoms with Crippen molar-refractivity contribution in [1.82, 2.24) is 0 Å². The van der Waals surface area contributed by atoms with E-state index in [4.69, 9.17) is 5.73 Å². The summed E-state index contributed by atoms with van der Waals surface area (Å²) >= 11 is 1.26. The zero-order valence-electron chi connectivity index (χ0n) is 8.82. The molecular weight excluding hydrogens is 212 g/mol. The molecule has 0 aliphatic heterocycles. The summed E-state index contributed by atoms with van der Waals surface area (Å²) < 4.78 is 0. The molecule has 15 heavy (non-hydrogen) atoms. The van der Waals surface area contributed by atoms with Gasteiger partial charge in [-0.1, -0.05) is 25.2 Å². The lowest BCUT2D eigenvalue weighted by Crippen LogP contribution is -2.24. The minimum absolute atomic E-state index is 0.0219. The van der Waals surface area contributed by atoms with E-state index in [1.807, 2.05) is 6.07 Å². The second-order valence-electron chi connectivity index (χ2n) is 4.74. The van der Waals surface area contributed by atoms with Crippen molar-refractivity contribution >= 4 is 16.3 Å². The molecule has 4 nitrogen and oxygen atoms in total. The van der Waals surface area contributed by atoms with E-state index >= 15 is 0 Å². The average molecular weight is 226 g/mol. The minimum atomic E-state index is -0.340. The third kappa shape index (κ3) is 1.38. The maximum atomic E-state index is 10.6. The van der Waals surface area contributed by atoms with E-state index in [2.05, 4.69) is 13.8 Å². The maximum absolute atomic E-state index is 10.6. The fourth-order valence-corrected chi connectivity index (χ4v) is 3.46. The Hall–Kier alpha value is -0.940. The Labute approximate surface area is 92.2 Å². The molecule has 1 unspecified atom stereocenters. The molecule has 1 aromatic heterocycles. The Bertz CT molecular complexity index is 413. The highest BCUT2D eigenvalue weighted by Crippen LogP contribution is 2.65. The summed E-state index contributed by atoms with van der Waals surface area (Å²) in [7, 11) is 0. The average Bonchev–Trinajstić information content (AvgIpc) is 2.59. The SMILES string of the molecule is CC1(C)CC1(CN)c1ccc([N+](=O)[O-])s1. The topological polar surface area (TPSA) is 69.2 Å². The predicted molar refractivity (Wildman–Crippen MR) is 60.1 cm³/mol. The first-order chi connectivity index (χ1) is 6.93. The first-order valence-electron chi connectivity index (χ1n) is 4.88. The molecule has 1 atom stereocenters. The number of nitrogens with two attached hydrogens (primary N) is 1. The zero-order chi connectivity index (χ0) is 11.3. The van der Waals surface area contributed by atoms with Gasteiger partial charge < -0.3 is 5.73 Å². The molecular formula is C10H14N2O2S. The van der Waals surface area contributed by atoms with Crippen LogP contribution >= 0.6 is 11.3 Å². The Morgan fingerprint density at radius 1 is 1.60 bits per heavy atom. The highest BCUT2D eigenvalue weighted by molar-refractivity contribution is 7.15. The van der Waals surface area contributed by atoms with Crippen LogP contribution in [-0.4, -0.2) is 11.5 Å². The fraction of sp³-hybridized carbons (Fsp3) is 0.600. The molecule has 0 aromatic carbocycles. The van der Waals surface area contributed by atoms with E-state index in [1.54, 1.807) is 6.07 Å². The van der Waals surface area contributed by atoms with Crippen molar-refractivity contribution in [2.24, 2.45) is 11.1 Å². The standard InChI is InChI=1S/C10H14N2O2S/c1-9(2)5-10(9,6-11)7-3-4-8(15-7)12(13)14/h3-4H,5-6,11H2,1-2H3. The van der Waals surface area contributed by atoms with Crippen molar-refractivity contribution in [2.75, 3.05) is 6.54 Å². The van der Waals surface area contributed by atoms with Crippen LogP contribution in [0.25, 0.3) is 0 Å². The van der Waals surface area contributed by atoms with E-state index in [1.165, 1.54) is 11.3 Å². The second-order valence-corrected chi connectivity index (χ2v) is 5.80. The van der Waals surface area contributed by atoms with E-state index in [9.17, 15) is 10.1 Å². The summed E-state index contributed by atoms with van der Waals surface area (Å²) in [6, 6.07) is 3.43. The van der Waals surface area contributed by atoms with Crippen LogP contribution in [0.4, 0.5) is 5.00 Å². The molecule has 1 aliphatic carbocycles. The Morgan fingerprint density at radius 2 is 2.20 bits per heavy atom. The van der Waals surface area contributed by atoms with Gasteiger partial charge in [0.25, 0.3) is 0 Å². The molecule has 1 fully saturated rings. The lowest BCUT2D eigenvalue weighted by atomic mass is 9.94. The van der Waals surface area contributed by atoms with Crippen molar-refractivity contribution in [2.45, 2.75) is 25.7 Å². The lowest BCUT2D eigenvalue weighted by molar-refractivity contribution is -0.380. The summed E-state index contributed by atoms with van der Waals surface area (Å²) in [6.45, 7) is 4.88. The quantitative estimate of drug-likeness (QED) is 0.635. The number of nitro groups is 1. The van der Waals surface area contributed by atoms with Gasteiger partial charge in [0.15, 0.2) is 0 Å². The molecule has 1 aliphatic rings. The van der Waals surface area contributed by atoms with E-state index in [0.717, 1.165) is 11.3 Å². The van der Waals surface area contributed by atoms with Crippen LogP contribution in [0.5, 0.6) is 0 Å². The molecule has 0 radical (unpaired) electrons. The van der Waals surface area contributed by atoms with Crippen molar-refractivity contribution in [3.63, 3.8) is 0 Å². The Kier molecular flexibility index (Phi) is 2.13. The smallest absolute Gasteiger partial charge is 0.324 e. The molecule has 2 N–H and O–H groups in total. The predicted octanol–water partition coefficient (Wildman–Crippen LogP) is 2.28. The van der Waals surface area contributed by atoms with E-state index < -0.39 is 0 Å². The van der Waals surface area contributed by atoms with Gasteiger partial charge in [0.2, 0.25) is 0 Å². The zero-order valence-corrected chi connectivity index (χ0v) is 9.63. The number of thiophene rings is 1. The summed E-state index contributed by atoms with van der Waals surface area (Å²) in [5.41, 5.74) is 5.96. The molecule has 2 rings (SSSR count). The second kappa shape index (κ2) is 3.02. The highest BCUT2D eigenvalue weighted by Gasteiger charge is 2.62. The number of nitrogens with zero attached hydrogens (tertiary/aromatic N) is 1.